The fraction of sp³-hybridized carbons (Fsp3) is 0.737. The van der Waals surface area contributed by atoms with E-state index in [0.717, 1.165) is 39.0 Å². The third kappa shape index (κ3) is 3.32. The molecule has 0 aromatic carbocycles. The van der Waals surface area contributed by atoms with Crippen molar-refractivity contribution in [3.8, 4) is 0 Å². The summed E-state index contributed by atoms with van der Waals surface area (Å²) in [6.07, 6.45) is 14.8. The molecule has 3 fully saturated rings. The lowest BCUT2D eigenvalue weighted by Gasteiger charge is -2.49. The summed E-state index contributed by atoms with van der Waals surface area (Å²) in [6, 6.07) is 0.536. The first-order chi connectivity index (χ1) is 11.7. The average molecular weight is 328 g/mol. The van der Waals surface area contributed by atoms with Crippen molar-refractivity contribution in [2.75, 3.05) is 19.6 Å². The van der Waals surface area contributed by atoms with Crippen molar-refractivity contribution in [1.29, 1.82) is 0 Å². The van der Waals surface area contributed by atoms with E-state index in [1.54, 1.807) is 6.33 Å². The molecule has 2 saturated heterocycles. The van der Waals surface area contributed by atoms with Gasteiger partial charge < -0.3 is 4.90 Å². The highest BCUT2D eigenvalue weighted by Crippen LogP contribution is 2.42. The highest BCUT2D eigenvalue weighted by Gasteiger charge is 2.43. The summed E-state index contributed by atoms with van der Waals surface area (Å²) >= 11 is 0. The number of piperidine rings is 2. The van der Waals surface area contributed by atoms with E-state index in [9.17, 15) is 4.79 Å². The zero-order chi connectivity index (χ0) is 16.4. The molecule has 0 unspecified atom stereocenters. The number of rotatable bonds is 3. The number of carbonyl (C=O) groups excluding carboxylic acids is 1. The fourth-order valence-corrected chi connectivity index (χ4v) is 4.86. The van der Waals surface area contributed by atoms with Gasteiger partial charge >= 0.3 is 0 Å². The minimum Gasteiger partial charge on any atom is -0.339 e. The predicted molar refractivity (Wildman–Crippen MR) is 92.2 cm³/mol. The maximum absolute atomic E-state index is 12.4. The fourth-order valence-electron chi connectivity index (χ4n) is 4.86. The van der Waals surface area contributed by atoms with Crippen LogP contribution in [-0.4, -0.2) is 51.4 Å². The van der Waals surface area contributed by atoms with Crippen LogP contribution < -0.4 is 0 Å². The van der Waals surface area contributed by atoms with Crippen molar-refractivity contribution in [3.05, 3.63) is 24.3 Å². The topological polar surface area (TPSA) is 49.3 Å². The number of nitrogens with zero attached hydrogens (tertiary/aromatic N) is 4. The van der Waals surface area contributed by atoms with Crippen LogP contribution in [0.2, 0.25) is 0 Å². The molecule has 1 aromatic heterocycles. The first-order valence-electron chi connectivity index (χ1n) is 9.50. The molecule has 1 spiro atoms. The first-order valence-corrected chi connectivity index (χ1v) is 9.50. The number of likely N-dealkylation sites (tertiary alicyclic amines) is 2. The molecule has 0 atom stereocenters. The average Bonchev–Trinajstić information content (AvgIpc) is 3.15. The molecule has 0 bridgehead atoms. The number of hydrogen-bond donors (Lipinski definition) is 0. The van der Waals surface area contributed by atoms with E-state index in [-0.39, 0.29) is 0 Å². The van der Waals surface area contributed by atoms with Gasteiger partial charge in [-0.1, -0.05) is 12.8 Å². The van der Waals surface area contributed by atoms with E-state index in [2.05, 4.69) is 19.8 Å². The Morgan fingerprint density at radius 2 is 1.79 bits per heavy atom. The molecule has 3 heterocycles. The number of aromatic nitrogens is 2. The molecule has 24 heavy (non-hydrogen) atoms. The van der Waals surface area contributed by atoms with E-state index in [1.165, 1.54) is 44.1 Å². The molecular formula is C19H28N4O. The molecule has 3 aliphatic rings. The van der Waals surface area contributed by atoms with Crippen LogP contribution in [0.4, 0.5) is 0 Å². The van der Waals surface area contributed by atoms with Crippen LogP contribution in [-0.2, 0) is 11.3 Å². The largest absolute Gasteiger partial charge is 0.339 e. The van der Waals surface area contributed by atoms with Gasteiger partial charge in [0.15, 0.2) is 0 Å². The van der Waals surface area contributed by atoms with Gasteiger partial charge in [0.2, 0.25) is 5.91 Å². The third-order valence-corrected chi connectivity index (χ3v) is 6.40. The van der Waals surface area contributed by atoms with Crippen molar-refractivity contribution in [2.24, 2.45) is 5.41 Å². The van der Waals surface area contributed by atoms with E-state index in [4.69, 9.17) is 0 Å². The zero-order valence-electron chi connectivity index (χ0n) is 14.5. The Morgan fingerprint density at radius 1 is 1.08 bits per heavy atom. The molecule has 5 nitrogen and oxygen atoms in total. The Balaban J connectivity index is 1.36. The first kappa shape index (κ1) is 16.0. The number of amides is 1. The number of hydrogen-bond acceptors (Lipinski definition) is 4. The Kier molecular flexibility index (Phi) is 4.53. The van der Waals surface area contributed by atoms with E-state index >= 15 is 0 Å². The Labute approximate surface area is 144 Å². The minimum atomic E-state index is 0.375. The summed E-state index contributed by atoms with van der Waals surface area (Å²) in [5, 5.41) is 0. The summed E-state index contributed by atoms with van der Waals surface area (Å²) in [7, 11) is 0. The molecule has 1 aliphatic carbocycles. The van der Waals surface area contributed by atoms with Gasteiger partial charge in [-0.05, 0) is 50.6 Å². The molecule has 5 heteroatoms. The summed E-state index contributed by atoms with van der Waals surface area (Å²) in [5.74, 6) is 0.413. The van der Waals surface area contributed by atoms with Crippen molar-refractivity contribution in [1.82, 2.24) is 19.8 Å². The minimum absolute atomic E-state index is 0.375. The number of carbonyl (C=O) groups is 1. The van der Waals surface area contributed by atoms with Crippen molar-refractivity contribution in [2.45, 2.75) is 64.0 Å². The Bertz CT molecular complexity index is 562. The molecule has 130 valence electrons. The second-order valence-electron chi connectivity index (χ2n) is 7.98. The van der Waals surface area contributed by atoms with Gasteiger partial charge in [0.05, 0.1) is 0 Å². The van der Waals surface area contributed by atoms with Crippen LogP contribution >= 0.6 is 0 Å². The van der Waals surface area contributed by atoms with Gasteiger partial charge in [-0.2, -0.15) is 0 Å². The Morgan fingerprint density at radius 3 is 2.50 bits per heavy atom. The molecule has 4 rings (SSSR count). The van der Waals surface area contributed by atoms with Gasteiger partial charge in [-0.15, -0.1) is 0 Å². The van der Waals surface area contributed by atoms with Crippen molar-refractivity contribution in [3.63, 3.8) is 0 Å². The van der Waals surface area contributed by atoms with Gasteiger partial charge in [0.1, 0.15) is 6.33 Å². The van der Waals surface area contributed by atoms with Gasteiger partial charge in [-0.3, -0.25) is 9.69 Å². The van der Waals surface area contributed by atoms with E-state index in [1.807, 2.05) is 12.4 Å². The Hall–Kier alpha value is -1.49. The third-order valence-electron chi connectivity index (χ3n) is 6.40. The highest BCUT2D eigenvalue weighted by atomic mass is 16.2. The van der Waals surface area contributed by atoms with Crippen molar-refractivity contribution >= 4 is 5.91 Å². The summed E-state index contributed by atoms with van der Waals surface area (Å²) in [5.41, 5.74) is 1.57. The quantitative estimate of drug-likeness (QED) is 0.856. The lowest BCUT2D eigenvalue weighted by molar-refractivity contribution is -0.142. The maximum atomic E-state index is 12.4. The van der Waals surface area contributed by atoms with Crippen LogP contribution in [0.1, 0.15) is 56.9 Å². The normalized spacial score (nSPS) is 25.5. The molecule has 0 N–H and O–H groups in total. The summed E-state index contributed by atoms with van der Waals surface area (Å²) < 4.78 is 0. The van der Waals surface area contributed by atoms with Crippen LogP contribution in [0.3, 0.4) is 0 Å². The molecule has 1 saturated carbocycles. The lowest BCUT2D eigenvalue weighted by Crippen LogP contribution is -2.53. The molecular weight excluding hydrogens is 300 g/mol. The van der Waals surface area contributed by atoms with E-state index < -0.39 is 0 Å². The maximum Gasteiger partial charge on any atom is 0.222 e. The molecule has 0 radical (unpaired) electrons. The van der Waals surface area contributed by atoms with Crippen LogP contribution in [0.15, 0.2) is 18.7 Å². The molecule has 1 amide bonds. The highest BCUT2D eigenvalue weighted by molar-refractivity contribution is 5.77. The standard InChI is InChI=1S/C19H28N4O/c24-18-5-6-19(14-23(18)17-3-1-2-4-17)7-9-22(10-8-19)13-16-11-20-15-21-12-16/h11-12,15,17H,1-10,13-14H2. The SMILES string of the molecule is O=C1CCC2(CCN(Cc3cncnc3)CC2)CN1C1CCCC1. The smallest absolute Gasteiger partial charge is 0.222 e. The second-order valence-corrected chi connectivity index (χ2v) is 7.98. The van der Waals surface area contributed by atoms with Crippen LogP contribution in [0, 0.1) is 5.41 Å². The lowest BCUT2D eigenvalue weighted by atomic mass is 9.72. The molecule has 1 aromatic rings. The monoisotopic (exact) mass is 328 g/mol. The predicted octanol–water partition coefficient (Wildman–Crippen LogP) is 2.62. The summed E-state index contributed by atoms with van der Waals surface area (Å²) in [4.78, 5) is 25.4. The zero-order valence-corrected chi connectivity index (χ0v) is 14.5. The summed E-state index contributed by atoms with van der Waals surface area (Å²) in [6.45, 7) is 4.21. The van der Waals surface area contributed by atoms with Crippen LogP contribution in [0.25, 0.3) is 0 Å². The van der Waals surface area contributed by atoms with E-state index in [0.29, 0.717) is 17.4 Å². The van der Waals surface area contributed by atoms with Gasteiger partial charge in [0.25, 0.3) is 0 Å². The molecule has 2 aliphatic heterocycles. The van der Waals surface area contributed by atoms with Gasteiger partial charge in [0, 0.05) is 43.5 Å². The second kappa shape index (κ2) is 6.79. The van der Waals surface area contributed by atoms with Crippen LogP contribution in [0.5, 0.6) is 0 Å². The van der Waals surface area contributed by atoms with Gasteiger partial charge in [-0.25, -0.2) is 9.97 Å². The van der Waals surface area contributed by atoms with Crippen molar-refractivity contribution < 1.29 is 4.79 Å².